The van der Waals surface area contributed by atoms with E-state index in [2.05, 4.69) is 26.0 Å². The van der Waals surface area contributed by atoms with Crippen molar-refractivity contribution >= 4 is 40.6 Å². The number of nitrogens with zero attached hydrogens (tertiary/aromatic N) is 6. The number of hydrogen-bond donors (Lipinski definition) is 2. The minimum atomic E-state index is -0.559. The van der Waals surface area contributed by atoms with Crippen LogP contribution >= 0.6 is 12.2 Å². The Bertz CT molecular complexity index is 910. The molecule has 2 N–H and O–H groups in total. The van der Waals surface area contributed by atoms with Gasteiger partial charge in [0.05, 0.1) is 11.5 Å². The first-order chi connectivity index (χ1) is 14.0. The number of nitro groups is 1. The Morgan fingerprint density at radius 2 is 2.07 bits per heavy atom. The van der Waals surface area contributed by atoms with Gasteiger partial charge in [-0.3, -0.25) is 25.5 Å². The summed E-state index contributed by atoms with van der Waals surface area (Å²) < 4.78 is 0. The van der Waals surface area contributed by atoms with Crippen molar-refractivity contribution in [3.05, 3.63) is 33.9 Å². The van der Waals surface area contributed by atoms with Crippen LogP contribution in [0.5, 0.6) is 0 Å². The maximum atomic E-state index is 12.5. The molecule has 1 saturated heterocycles. The van der Waals surface area contributed by atoms with Crippen molar-refractivity contribution < 1.29 is 9.72 Å². The molecule has 0 radical (unpaired) electrons. The maximum Gasteiger partial charge on any atom is 0.293 e. The molecule has 1 fully saturated rings. The number of nitro benzene ring substituents is 1. The summed E-state index contributed by atoms with van der Waals surface area (Å²) in [6.07, 6.45) is 3.96. The molecule has 0 atom stereocenters. The lowest BCUT2D eigenvalue weighted by Crippen LogP contribution is -2.34. The van der Waals surface area contributed by atoms with E-state index in [1.54, 1.807) is 12.1 Å². The summed E-state index contributed by atoms with van der Waals surface area (Å²) in [5.41, 5.74) is 0.579. The summed E-state index contributed by atoms with van der Waals surface area (Å²) in [5, 5.41) is 28.4. The van der Waals surface area contributed by atoms with Gasteiger partial charge in [0, 0.05) is 24.7 Å². The molecule has 2 heterocycles. The van der Waals surface area contributed by atoms with Crippen LogP contribution in [0.15, 0.2) is 18.2 Å². The van der Waals surface area contributed by atoms with Gasteiger partial charge in [-0.1, -0.05) is 12.0 Å². The molecule has 1 aromatic carbocycles. The zero-order valence-electron chi connectivity index (χ0n) is 16.0. The van der Waals surface area contributed by atoms with Gasteiger partial charge in [-0.2, -0.15) is 4.80 Å². The van der Waals surface area contributed by atoms with Gasteiger partial charge < -0.3 is 4.90 Å². The van der Waals surface area contributed by atoms with Crippen LogP contribution in [0.2, 0.25) is 0 Å². The molecule has 2 aromatic rings. The lowest BCUT2D eigenvalue weighted by atomic mass is 10.1. The van der Waals surface area contributed by atoms with Crippen molar-refractivity contribution in [1.29, 1.82) is 0 Å². The van der Waals surface area contributed by atoms with Crippen LogP contribution in [-0.4, -0.2) is 49.2 Å². The van der Waals surface area contributed by atoms with Gasteiger partial charge in [-0.05, 0) is 55.2 Å². The quantitative estimate of drug-likeness (QED) is 0.411. The Morgan fingerprint density at radius 3 is 2.76 bits per heavy atom. The van der Waals surface area contributed by atoms with Crippen molar-refractivity contribution in [2.75, 3.05) is 23.3 Å². The SMILES string of the molecule is CCCn1nnc(NC(=S)NC(=O)c2ccc(N3CCCCC3)c([N+](=O)[O-])c2)n1. The predicted molar refractivity (Wildman–Crippen MR) is 111 cm³/mol. The first-order valence-corrected chi connectivity index (χ1v) is 9.82. The fourth-order valence-electron chi connectivity index (χ4n) is 3.11. The highest BCUT2D eigenvalue weighted by atomic mass is 32.1. The predicted octanol–water partition coefficient (Wildman–Crippen LogP) is 2.11. The second kappa shape index (κ2) is 9.37. The van der Waals surface area contributed by atoms with Crippen LogP contribution in [0.25, 0.3) is 0 Å². The average Bonchev–Trinajstić information content (AvgIpc) is 3.15. The largest absolute Gasteiger partial charge is 0.366 e. The number of rotatable bonds is 6. The minimum absolute atomic E-state index is 0.0196. The Hall–Kier alpha value is -3.15. The normalized spacial score (nSPS) is 13.8. The first kappa shape index (κ1) is 20.6. The third kappa shape index (κ3) is 5.22. The molecule has 12 heteroatoms. The highest BCUT2D eigenvalue weighted by molar-refractivity contribution is 7.80. The summed E-state index contributed by atoms with van der Waals surface area (Å²) in [5.74, 6) is -0.396. The monoisotopic (exact) mass is 418 g/mol. The summed E-state index contributed by atoms with van der Waals surface area (Å²) in [6.45, 7) is 4.14. The molecule has 0 spiro atoms. The first-order valence-electron chi connectivity index (χ1n) is 9.41. The molecule has 1 aliphatic heterocycles. The molecule has 3 rings (SSSR count). The Balaban J connectivity index is 1.68. The number of piperidine rings is 1. The second-order valence-corrected chi connectivity index (χ2v) is 7.03. The van der Waals surface area contributed by atoms with E-state index in [1.165, 1.54) is 10.9 Å². The molecular weight excluding hydrogens is 396 g/mol. The molecule has 1 aliphatic rings. The van der Waals surface area contributed by atoms with Crippen LogP contribution in [0, 0.1) is 10.1 Å². The molecule has 154 valence electrons. The Labute approximate surface area is 172 Å². The van der Waals surface area contributed by atoms with E-state index in [0.717, 1.165) is 38.8 Å². The molecule has 29 heavy (non-hydrogen) atoms. The fourth-order valence-corrected chi connectivity index (χ4v) is 3.29. The maximum absolute atomic E-state index is 12.5. The second-order valence-electron chi connectivity index (χ2n) is 6.63. The molecule has 11 nitrogen and oxygen atoms in total. The number of hydrogen-bond acceptors (Lipinski definition) is 8. The van der Waals surface area contributed by atoms with E-state index in [-0.39, 0.29) is 22.3 Å². The average molecular weight is 418 g/mol. The molecule has 1 aromatic heterocycles. The topological polar surface area (TPSA) is 131 Å². The number of aromatic nitrogens is 4. The Morgan fingerprint density at radius 1 is 1.31 bits per heavy atom. The third-order valence-electron chi connectivity index (χ3n) is 4.46. The van der Waals surface area contributed by atoms with Crippen LogP contribution < -0.4 is 15.5 Å². The van der Waals surface area contributed by atoms with Gasteiger partial charge in [-0.15, -0.1) is 5.10 Å². The summed E-state index contributed by atoms with van der Waals surface area (Å²) >= 11 is 5.10. The number of nitrogens with one attached hydrogen (secondary N) is 2. The number of amides is 1. The molecule has 0 bridgehead atoms. The lowest BCUT2D eigenvalue weighted by molar-refractivity contribution is -0.384. The van der Waals surface area contributed by atoms with Crippen LogP contribution in [0.1, 0.15) is 43.0 Å². The van der Waals surface area contributed by atoms with Gasteiger partial charge in [0.15, 0.2) is 5.11 Å². The zero-order valence-corrected chi connectivity index (χ0v) is 16.8. The number of aryl methyl sites for hydroxylation is 1. The van der Waals surface area contributed by atoms with Crippen LogP contribution in [0.3, 0.4) is 0 Å². The zero-order chi connectivity index (χ0) is 20.8. The summed E-state index contributed by atoms with van der Waals surface area (Å²) in [6, 6.07) is 4.45. The van der Waals surface area contributed by atoms with Gasteiger partial charge in [-0.25, -0.2) is 0 Å². The van der Waals surface area contributed by atoms with Gasteiger partial charge in [0.2, 0.25) is 0 Å². The minimum Gasteiger partial charge on any atom is -0.366 e. The number of thiocarbonyl (C=S) groups is 1. The highest BCUT2D eigenvalue weighted by Gasteiger charge is 2.23. The van der Waals surface area contributed by atoms with E-state index in [9.17, 15) is 14.9 Å². The van der Waals surface area contributed by atoms with E-state index in [4.69, 9.17) is 12.2 Å². The van der Waals surface area contributed by atoms with E-state index in [0.29, 0.717) is 12.2 Å². The van der Waals surface area contributed by atoms with Crippen molar-refractivity contribution in [2.45, 2.75) is 39.2 Å². The van der Waals surface area contributed by atoms with Crippen LogP contribution in [0.4, 0.5) is 17.3 Å². The smallest absolute Gasteiger partial charge is 0.293 e. The fraction of sp³-hybridized carbons (Fsp3) is 0.471. The number of carbonyl (C=O) groups excluding carboxylic acids is 1. The van der Waals surface area contributed by atoms with E-state index in [1.807, 2.05) is 11.8 Å². The standard InChI is InChI=1S/C17H22N8O3S/c1-2-8-24-21-16(20-22-24)19-17(29)18-15(26)12-6-7-13(14(11-12)25(27)28)23-9-4-3-5-10-23/h6-7,11H,2-5,8-10H2,1H3,(H2,18,19,21,26,29). The van der Waals surface area contributed by atoms with Crippen molar-refractivity contribution in [2.24, 2.45) is 0 Å². The lowest BCUT2D eigenvalue weighted by Gasteiger charge is -2.28. The van der Waals surface area contributed by atoms with Gasteiger partial charge in [0.1, 0.15) is 5.69 Å². The number of carbonyl (C=O) groups is 1. The van der Waals surface area contributed by atoms with Gasteiger partial charge >= 0.3 is 0 Å². The number of benzene rings is 1. The molecule has 0 unspecified atom stereocenters. The summed E-state index contributed by atoms with van der Waals surface area (Å²) in [7, 11) is 0. The van der Waals surface area contributed by atoms with Gasteiger partial charge in [0.25, 0.3) is 17.5 Å². The molecular formula is C17H22N8O3S. The van der Waals surface area contributed by atoms with Crippen molar-refractivity contribution in [3.8, 4) is 0 Å². The van der Waals surface area contributed by atoms with Crippen molar-refractivity contribution in [1.82, 2.24) is 25.5 Å². The Kier molecular flexibility index (Phi) is 6.65. The molecule has 1 amide bonds. The molecule has 0 saturated carbocycles. The number of anilines is 2. The van der Waals surface area contributed by atoms with E-state index >= 15 is 0 Å². The number of tetrazole rings is 1. The van der Waals surface area contributed by atoms with Crippen LogP contribution in [-0.2, 0) is 6.54 Å². The highest BCUT2D eigenvalue weighted by Crippen LogP contribution is 2.31. The summed E-state index contributed by atoms with van der Waals surface area (Å²) in [4.78, 5) is 27.0. The third-order valence-corrected chi connectivity index (χ3v) is 4.66. The van der Waals surface area contributed by atoms with E-state index < -0.39 is 10.8 Å². The molecule has 0 aliphatic carbocycles. The van der Waals surface area contributed by atoms with Crippen molar-refractivity contribution in [3.63, 3.8) is 0 Å².